The molecule has 1 rings (SSSR count). The van der Waals surface area contributed by atoms with E-state index in [2.05, 4.69) is 4.72 Å². The van der Waals surface area contributed by atoms with E-state index in [0.717, 1.165) is 12.5 Å². The average molecular weight is 290 g/mol. The smallest absolute Gasteiger partial charge is 0.240 e. The molecule has 0 saturated carbocycles. The van der Waals surface area contributed by atoms with Crippen molar-refractivity contribution in [2.45, 2.75) is 31.1 Å². The molecule has 19 heavy (non-hydrogen) atoms. The minimum absolute atomic E-state index is 0.0897. The van der Waals surface area contributed by atoms with Crippen molar-refractivity contribution in [2.24, 2.45) is 0 Å². The predicted molar refractivity (Wildman–Crippen MR) is 71.7 cm³/mol. The van der Waals surface area contributed by atoms with Crippen LogP contribution in [0.5, 0.6) is 0 Å². The molecule has 1 aromatic carbocycles. The Labute approximate surface area is 112 Å². The summed E-state index contributed by atoms with van der Waals surface area (Å²) in [5.41, 5.74) is 5.90. The van der Waals surface area contributed by atoms with Gasteiger partial charge in [-0.2, -0.15) is 0 Å². The lowest BCUT2D eigenvalue weighted by Gasteiger charge is -2.09. The molecule has 0 saturated heterocycles. The summed E-state index contributed by atoms with van der Waals surface area (Å²) in [4.78, 5) is -0.171. The SMILES string of the molecule is Cc1c(N)cc(S(=O)(=O)NCCCCCO)cc1F. The van der Waals surface area contributed by atoms with Crippen molar-refractivity contribution in [2.75, 3.05) is 18.9 Å². The number of aliphatic hydroxyl groups excluding tert-OH is 1. The number of anilines is 1. The molecule has 108 valence electrons. The third kappa shape index (κ3) is 4.45. The summed E-state index contributed by atoms with van der Waals surface area (Å²) in [5, 5.41) is 8.60. The van der Waals surface area contributed by atoms with Gasteiger partial charge in [0.2, 0.25) is 10.0 Å². The van der Waals surface area contributed by atoms with E-state index in [1.807, 2.05) is 0 Å². The Morgan fingerprint density at radius 2 is 2.00 bits per heavy atom. The number of sulfonamides is 1. The molecule has 0 amide bonds. The second-order valence-electron chi connectivity index (χ2n) is 4.30. The molecule has 0 aliphatic heterocycles. The molecule has 0 fully saturated rings. The van der Waals surface area contributed by atoms with Gasteiger partial charge in [-0.1, -0.05) is 0 Å². The van der Waals surface area contributed by atoms with Gasteiger partial charge >= 0.3 is 0 Å². The number of rotatable bonds is 7. The summed E-state index contributed by atoms with van der Waals surface area (Å²) in [7, 11) is -3.74. The number of hydrogen-bond donors (Lipinski definition) is 3. The first kappa shape index (κ1) is 15.9. The van der Waals surface area contributed by atoms with Crippen LogP contribution in [0.1, 0.15) is 24.8 Å². The standard InChI is InChI=1S/C12H19FN2O3S/c1-9-11(13)7-10(8-12(9)14)19(17,18)15-5-3-2-4-6-16/h7-8,15-16H,2-6,14H2,1H3. The summed E-state index contributed by atoms with van der Waals surface area (Å²) in [6, 6.07) is 2.20. The van der Waals surface area contributed by atoms with Gasteiger partial charge in [-0.25, -0.2) is 17.5 Å². The van der Waals surface area contributed by atoms with Gasteiger partial charge in [0.25, 0.3) is 0 Å². The van der Waals surface area contributed by atoms with E-state index in [-0.39, 0.29) is 29.3 Å². The highest BCUT2D eigenvalue weighted by Crippen LogP contribution is 2.20. The number of benzene rings is 1. The quantitative estimate of drug-likeness (QED) is 0.519. The lowest BCUT2D eigenvalue weighted by Crippen LogP contribution is -2.25. The van der Waals surface area contributed by atoms with Crippen molar-refractivity contribution < 1.29 is 17.9 Å². The Bertz CT molecular complexity index is 509. The summed E-state index contributed by atoms with van der Waals surface area (Å²) >= 11 is 0. The van der Waals surface area contributed by atoms with Crippen molar-refractivity contribution in [1.82, 2.24) is 4.72 Å². The average Bonchev–Trinajstić information content (AvgIpc) is 2.35. The zero-order valence-electron chi connectivity index (χ0n) is 10.8. The molecular weight excluding hydrogens is 271 g/mol. The molecule has 5 nitrogen and oxygen atoms in total. The normalized spacial score (nSPS) is 11.7. The maximum atomic E-state index is 13.5. The summed E-state index contributed by atoms with van der Waals surface area (Å²) in [6.45, 7) is 1.83. The fourth-order valence-corrected chi connectivity index (χ4v) is 2.65. The Balaban J connectivity index is 2.72. The number of aliphatic hydroxyl groups is 1. The number of halogens is 1. The number of nitrogens with two attached hydrogens (primary N) is 1. The van der Waals surface area contributed by atoms with Gasteiger partial charge in [0, 0.05) is 24.4 Å². The van der Waals surface area contributed by atoms with Crippen molar-refractivity contribution in [3.05, 3.63) is 23.5 Å². The van der Waals surface area contributed by atoms with Crippen LogP contribution in [0, 0.1) is 12.7 Å². The third-order valence-electron chi connectivity index (χ3n) is 2.80. The molecule has 0 radical (unpaired) electrons. The van der Waals surface area contributed by atoms with Crippen molar-refractivity contribution >= 4 is 15.7 Å². The van der Waals surface area contributed by atoms with E-state index >= 15 is 0 Å². The molecule has 0 aliphatic carbocycles. The topological polar surface area (TPSA) is 92.4 Å². The van der Waals surface area contributed by atoms with Crippen LogP contribution >= 0.6 is 0 Å². The molecule has 0 bridgehead atoms. The van der Waals surface area contributed by atoms with E-state index in [9.17, 15) is 12.8 Å². The minimum atomic E-state index is -3.74. The van der Waals surface area contributed by atoms with Crippen molar-refractivity contribution in [3.8, 4) is 0 Å². The first-order valence-electron chi connectivity index (χ1n) is 6.04. The molecule has 0 aliphatic rings. The second kappa shape index (κ2) is 6.83. The van der Waals surface area contributed by atoms with Crippen LogP contribution < -0.4 is 10.5 Å². The van der Waals surface area contributed by atoms with Gasteiger partial charge in [-0.15, -0.1) is 0 Å². The highest BCUT2D eigenvalue weighted by Gasteiger charge is 2.16. The van der Waals surface area contributed by atoms with Gasteiger partial charge in [0.1, 0.15) is 5.82 Å². The Morgan fingerprint density at radius 1 is 1.32 bits per heavy atom. The van der Waals surface area contributed by atoms with E-state index in [4.69, 9.17) is 10.8 Å². The summed E-state index contributed by atoms with van der Waals surface area (Å²) in [6.07, 6.45) is 1.97. The van der Waals surface area contributed by atoms with E-state index in [1.165, 1.54) is 13.0 Å². The number of hydrogen-bond acceptors (Lipinski definition) is 4. The second-order valence-corrected chi connectivity index (χ2v) is 6.07. The van der Waals surface area contributed by atoms with Crippen LogP contribution in [0.4, 0.5) is 10.1 Å². The molecule has 7 heteroatoms. The van der Waals surface area contributed by atoms with Crippen LogP contribution in [0.3, 0.4) is 0 Å². The van der Waals surface area contributed by atoms with Crippen LogP contribution in [0.25, 0.3) is 0 Å². The largest absolute Gasteiger partial charge is 0.398 e. The molecule has 0 atom stereocenters. The molecule has 0 spiro atoms. The molecule has 0 aromatic heterocycles. The molecule has 0 heterocycles. The number of nitrogen functional groups attached to an aromatic ring is 1. The lowest BCUT2D eigenvalue weighted by atomic mass is 10.2. The van der Waals surface area contributed by atoms with Gasteiger partial charge in [0.15, 0.2) is 0 Å². The van der Waals surface area contributed by atoms with E-state index in [1.54, 1.807) is 0 Å². The van der Waals surface area contributed by atoms with Gasteiger partial charge < -0.3 is 10.8 Å². The van der Waals surface area contributed by atoms with E-state index in [0.29, 0.717) is 12.8 Å². The predicted octanol–water partition coefficient (Wildman–Crippen LogP) is 1.16. The highest BCUT2D eigenvalue weighted by atomic mass is 32.2. The fraction of sp³-hybridized carbons (Fsp3) is 0.500. The summed E-state index contributed by atoms with van der Waals surface area (Å²) < 4.78 is 39.6. The Kier molecular flexibility index (Phi) is 5.71. The number of nitrogens with one attached hydrogen (secondary N) is 1. The molecular formula is C12H19FN2O3S. The van der Waals surface area contributed by atoms with Crippen LogP contribution in [0.15, 0.2) is 17.0 Å². The van der Waals surface area contributed by atoms with Crippen molar-refractivity contribution in [3.63, 3.8) is 0 Å². The van der Waals surface area contributed by atoms with Gasteiger partial charge in [-0.05, 0) is 38.3 Å². The first-order valence-corrected chi connectivity index (χ1v) is 7.53. The van der Waals surface area contributed by atoms with E-state index < -0.39 is 15.8 Å². The number of unbranched alkanes of at least 4 members (excludes halogenated alkanes) is 2. The van der Waals surface area contributed by atoms with Crippen LogP contribution in [0.2, 0.25) is 0 Å². The highest BCUT2D eigenvalue weighted by molar-refractivity contribution is 7.89. The zero-order valence-corrected chi connectivity index (χ0v) is 11.6. The summed E-state index contributed by atoms with van der Waals surface area (Å²) in [5.74, 6) is -0.638. The van der Waals surface area contributed by atoms with Gasteiger partial charge in [-0.3, -0.25) is 0 Å². The fourth-order valence-electron chi connectivity index (χ4n) is 1.53. The Hall–Kier alpha value is -1.18. The lowest BCUT2D eigenvalue weighted by molar-refractivity contribution is 0.283. The Morgan fingerprint density at radius 3 is 2.58 bits per heavy atom. The van der Waals surface area contributed by atoms with Crippen LogP contribution in [-0.2, 0) is 10.0 Å². The minimum Gasteiger partial charge on any atom is -0.398 e. The third-order valence-corrected chi connectivity index (χ3v) is 4.24. The maximum Gasteiger partial charge on any atom is 0.240 e. The maximum absolute atomic E-state index is 13.5. The molecule has 0 unspecified atom stereocenters. The van der Waals surface area contributed by atoms with Gasteiger partial charge in [0.05, 0.1) is 4.90 Å². The molecule has 4 N–H and O–H groups in total. The zero-order chi connectivity index (χ0) is 14.5. The van der Waals surface area contributed by atoms with Crippen LogP contribution in [-0.4, -0.2) is 26.7 Å². The molecule has 1 aromatic rings. The first-order chi connectivity index (χ1) is 8.88. The monoisotopic (exact) mass is 290 g/mol. The van der Waals surface area contributed by atoms with Crippen molar-refractivity contribution in [1.29, 1.82) is 0 Å².